The SMILES string of the molecule is CCC1CCCCC1OCC(=O)Nc1ccc(F)c(N)c1. The molecule has 0 spiro atoms. The van der Waals surface area contributed by atoms with Crippen molar-refractivity contribution in [3.63, 3.8) is 0 Å². The molecule has 5 heteroatoms. The molecule has 1 amide bonds. The number of amides is 1. The fraction of sp³-hybridized carbons (Fsp3) is 0.562. The first-order chi connectivity index (χ1) is 10.1. The van der Waals surface area contributed by atoms with Crippen molar-refractivity contribution < 1.29 is 13.9 Å². The first-order valence-electron chi connectivity index (χ1n) is 7.56. The summed E-state index contributed by atoms with van der Waals surface area (Å²) in [6.07, 6.45) is 5.87. The van der Waals surface area contributed by atoms with Crippen LogP contribution in [0.2, 0.25) is 0 Å². The third-order valence-electron chi connectivity index (χ3n) is 4.07. The van der Waals surface area contributed by atoms with Crippen LogP contribution in [0.15, 0.2) is 18.2 Å². The zero-order chi connectivity index (χ0) is 15.2. The lowest BCUT2D eigenvalue weighted by molar-refractivity contribution is -0.124. The van der Waals surface area contributed by atoms with Crippen molar-refractivity contribution in [2.45, 2.75) is 45.1 Å². The number of hydrogen-bond donors (Lipinski definition) is 2. The van der Waals surface area contributed by atoms with Crippen LogP contribution in [0.4, 0.5) is 15.8 Å². The highest BCUT2D eigenvalue weighted by molar-refractivity contribution is 5.92. The minimum Gasteiger partial charge on any atom is -0.396 e. The van der Waals surface area contributed by atoms with Gasteiger partial charge in [-0.2, -0.15) is 0 Å². The van der Waals surface area contributed by atoms with Crippen LogP contribution < -0.4 is 11.1 Å². The summed E-state index contributed by atoms with van der Waals surface area (Å²) in [6.45, 7) is 2.19. The Morgan fingerprint density at radius 2 is 2.19 bits per heavy atom. The quantitative estimate of drug-likeness (QED) is 0.819. The second-order valence-electron chi connectivity index (χ2n) is 5.59. The lowest BCUT2D eigenvalue weighted by Gasteiger charge is -2.30. The number of carbonyl (C=O) groups excluding carboxylic acids is 1. The highest BCUT2D eigenvalue weighted by atomic mass is 19.1. The van der Waals surface area contributed by atoms with Gasteiger partial charge in [-0.25, -0.2) is 4.39 Å². The standard InChI is InChI=1S/C16H23FN2O2/c1-2-11-5-3-4-6-15(11)21-10-16(20)19-12-7-8-13(17)14(18)9-12/h7-9,11,15H,2-6,10,18H2,1H3,(H,19,20). The first-order valence-corrected chi connectivity index (χ1v) is 7.56. The van der Waals surface area contributed by atoms with E-state index in [-0.39, 0.29) is 24.3 Å². The Kier molecular flexibility index (Phi) is 5.56. The van der Waals surface area contributed by atoms with Gasteiger partial charge in [-0.15, -0.1) is 0 Å². The monoisotopic (exact) mass is 294 g/mol. The predicted octanol–water partition coefficient (Wildman–Crippen LogP) is 3.33. The summed E-state index contributed by atoms with van der Waals surface area (Å²) in [5.74, 6) is -0.174. The maximum Gasteiger partial charge on any atom is 0.250 e. The van der Waals surface area contributed by atoms with Crippen LogP contribution in [0.1, 0.15) is 39.0 Å². The van der Waals surface area contributed by atoms with E-state index in [1.54, 1.807) is 0 Å². The van der Waals surface area contributed by atoms with Gasteiger partial charge in [0.15, 0.2) is 0 Å². The molecule has 0 aliphatic heterocycles. The summed E-state index contributed by atoms with van der Waals surface area (Å²) in [7, 11) is 0. The van der Waals surface area contributed by atoms with Crippen molar-refractivity contribution in [1.82, 2.24) is 0 Å². The molecule has 116 valence electrons. The van der Waals surface area contributed by atoms with E-state index in [0.29, 0.717) is 11.6 Å². The smallest absolute Gasteiger partial charge is 0.250 e. The van der Waals surface area contributed by atoms with E-state index in [1.165, 1.54) is 31.0 Å². The third kappa shape index (κ3) is 4.43. The summed E-state index contributed by atoms with van der Waals surface area (Å²) >= 11 is 0. The van der Waals surface area contributed by atoms with E-state index in [1.807, 2.05) is 0 Å². The average molecular weight is 294 g/mol. The minimum absolute atomic E-state index is 0.0204. The number of rotatable bonds is 5. The minimum atomic E-state index is -0.489. The van der Waals surface area contributed by atoms with Gasteiger partial charge in [-0.3, -0.25) is 4.79 Å². The largest absolute Gasteiger partial charge is 0.396 e. The molecule has 1 fully saturated rings. The zero-order valence-corrected chi connectivity index (χ0v) is 12.4. The van der Waals surface area contributed by atoms with Crippen molar-refractivity contribution in [2.24, 2.45) is 5.92 Å². The fourth-order valence-corrected chi connectivity index (χ4v) is 2.86. The molecule has 21 heavy (non-hydrogen) atoms. The lowest BCUT2D eigenvalue weighted by atomic mass is 9.85. The number of ether oxygens (including phenoxy) is 1. The van der Waals surface area contributed by atoms with Crippen molar-refractivity contribution in [1.29, 1.82) is 0 Å². The number of benzene rings is 1. The first kappa shape index (κ1) is 15.8. The van der Waals surface area contributed by atoms with Gasteiger partial charge in [0.05, 0.1) is 11.8 Å². The van der Waals surface area contributed by atoms with Crippen molar-refractivity contribution in [2.75, 3.05) is 17.7 Å². The topological polar surface area (TPSA) is 64.3 Å². The summed E-state index contributed by atoms with van der Waals surface area (Å²) < 4.78 is 18.8. The Bertz CT molecular complexity index is 493. The van der Waals surface area contributed by atoms with Crippen molar-refractivity contribution >= 4 is 17.3 Å². The number of nitrogens with two attached hydrogens (primary N) is 1. The van der Waals surface area contributed by atoms with Gasteiger partial charge in [0.1, 0.15) is 12.4 Å². The summed E-state index contributed by atoms with van der Waals surface area (Å²) in [4.78, 5) is 11.9. The van der Waals surface area contributed by atoms with Crippen LogP contribution in [0.3, 0.4) is 0 Å². The molecule has 0 heterocycles. The fourth-order valence-electron chi connectivity index (χ4n) is 2.86. The number of anilines is 2. The summed E-state index contributed by atoms with van der Waals surface area (Å²) in [5.41, 5.74) is 5.97. The molecule has 1 aromatic rings. The van der Waals surface area contributed by atoms with Crippen molar-refractivity contribution in [3.8, 4) is 0 Å². The van der Waals surface area contributed by atoms with Gasteiger partial charge in [-0.05, 0) is 37.0 Å². The molecule has 3 N–H and O–H groups in total. The van der Waals surface area contributed by atoms with E-state index in [9.17, 15) is 9.18 Å². The van der Waals surface area contributed by atoms with Gasteiger partial charge >= 0.3 is 0 Å². The molecule has 2 rings (SSSR count). The van der Waals surface area contributed by atoms with E-state index in [4.69, 9.17) is 10.5 Å². The Morgan fingerprint density at radius 1 is 1.43 bits per heavy atom. The normalized spacial score (nSPS) is 22.0. The molecule has 1 saturated carbocycles. The molecule has 2 atom stereocenters. The second-order valence-corrected chi connectivity index (χ2v) is 5.59. The van der Waals surface area contributed by atoms with Gasteiger partial charge in [0, 0.05) is 5.69 Å². The van der Waals surface area contributed by atoms with Crippen LogP contribution in [-0.4, -0.2) is 18.6 Å². The van der Waals surface area contributed by atoms with Crippen LogP contribution in [0.5, 0.6) is 0 Å². The maximum absolute atomic E-state index is 13.0. The van der Waals surface area contributed by atoms with E-state index >= 15 is 0 Å². The van der Waals surface area contributed by atoms with Crippen LogP contribution in [0, 0.1) is 11.7 Å². The Balaban J connectivity index is 1.82. The lowest BCUT2D eigenvalue weighted by Crippen LogP contribution is -2.31. The molecular formula is C16H23FN2O2. The third-order valence-corrected chi connectivity index (χ3v) is 4.07. The van der Waals surface area contributed by atoms with E-state index < -0.39 is 5.82 Å². The highest BCUT2D eigenvalue weighted by Crippen LogP contribution is 2.29. The Morgan fingerprint density at radius 3 is 2.90 bits per heavy atom. The predicted molar refractivity (Wildman–Crippen MR) is 81.4 cm³/mol. The number of nitrogens with one attached hydrogen (secondary N) is 1. The molecular weight excluding hydrogens is 271 g/mol. The van der Waals surface area contributed by atoms with Crippen LogP contribution in [0.25, 0.3) is 0 Å². The van der Waals surface area contributed by atoms with Gasteiger partial charge in [0.25, 0.3) is 0 Å². The van der Waals surface area contributed by atoms with Crippen LogP contribution >= 0.6 is 0 Å². The summed E-state index contributed by atoms with van der Waals surface area (Å²) in [5, 5.41) is 2.67. The molecule has 2 unspecified atom stereocenters. The van der Waals surface area contributed by atoms with Crippen LogP contribution in [-0.2, 0) is 9.53 Å². The highest BCUT2D eigenvalue weighted by Gasteiger charge is 2.24. The van der Waals surface area contributed by atoms with Crippen molar-refractivity contribution in [3.05, 3.63) is 24.0 Å². The summed E-state index contributed by atoms with van der Waals surface area (Å²) in [6, 6.07) is 4.13. The maximum atomic E-state index is 13.0. The molecule has 1 aromatic carbocycles. The second kappa shape index (κ2) is 7.41. The average Bonchev–Trinajstić information content (AvgIpc) is 2.49. The van der Waals surface area contributed by atoms with E-state index in [0.717, 1.165) is 19.3 Å². The van der Waals surface area contributed by atoms with E-state index in [2.05, 4.69) is 12.2 Å². The number of hydrogen-bond acceptors (Lipinski definition) is 3. The molecule has 1 aliphatic carbocycles. The molecule has 1 aliphatic rings. The number of nitrogen functional groups attached to an aromatic ring is 1. The van der Waals surface area contributed by atoms with Gasteiger partial charge < -0.3 is 15.8 Å². The Labute approximate surface area is 124 Å². The number of halogens is 1. The molecule has 0 radical (unpaired) electrons. The zero-order valence-electron chi connectivity index (χ0n) is 12.4. The molecule has 4 nitrogen and oxygen atoms in total. The molecule has 0 bridgehead atoms. The van der Waals surface area contributed by atoms with Gasteiger partial charge in [-0.1, -0.05) is 26.2 Å². The molecule has 0 aromatic heterocycles. The number of carbonyl (C=O) groups is 1. The molecule has 0 saturated heterocycles. The van der Waals surface area contributed by atoms with Gasteiger partial charge in [0.2, 0.25) is 5.91 Å². The Hall–Kier alpha value is -1.62.